The van der Waals surface area contributed by atoms with Crippen molar-refractivity contribution in [1.29, 1.82) is 0 Å². The molecule has 0 bridgehead atoms. The molecule has 0 fully saturated rings. The number of amides is 2. The first-order chi connectivity index (χ1) is 11.5. The minimum Gasteiger partial charge on any atom is -0.339 e. The van der Waals surface area contributed by atoms with Crippen LogP contribution in [-0.4, -0.2) is 29.8 Å². The van der Waals surface area contributed by atoms with Crippen LogP contribution in [0.2, 0.25) is 0 Å². The first kappa shape index (κ1) is 18.1. The Morgan fingerprint density at radius 1 is 1.08 bits per heavy atom. The number of carbonyl (C=O) groups is 2. The molecule has 0 saturated carbocycles. The van der Waals surface area contributed by atoms with Crippen molar-refractivity contribution in [2.75, 3.05) is 18.4 Å². The molecule has 0 saturated heterocycles. The topological polar surface area (TPSA) is 49.4 Å². The molecular weight excluding hydrogens is 375 g/mol. The number of hydrogen-bond acceptors (Lipinski definition) is 2. The van der Waals surface area contributed by atoms with Crippen molar-refractivity contribution in [2.45, 2.75) is 13.8 Å². The second kappa shape index (κ2) is 8.06. The average Bonchev–Trinajstić information content (AvgIpc) is 2.58. The van der Waals surface area contributed by atoms with E-state index >= 15 is 0 Å². The third-order valence-electron chi connectivity index (χ3n) is 3.60. The van der Waals surface area contributed by atoms with Crippen molar-refractivity contribution in [1.82, 2.24) is 4.90 Å². The smallest absolute Gasteiger partial charge is 0.255 e. The van der Waals surface area contributed by atoms with Gasteiger partial charge in [-0.25, -0.2) is 4.39 Å². The molecule has 4 nitrogen and oxygen atoms in total. The van der Waals surface area contributed by atoms with E-state index in [9.17, 15) is 14.0 Å². The lowest BCUT2D eigenvalue weighted by Crippen LogP contribution is -2.30. The van der Waals surface area contributed by atoms with E-state index < -0.39 is 11.7 Å². The summed E-state index contributed by atoms with van der Waals surface area (Å²) in [6, 6.07) is 10.9. The number of rotatable bonds is 5. The van der Waals surface area contributed by atoms with Crippen LogP contribution in [0.25, 0.3) is 0 Å². The largest absolute Gasteiger partial charge is 0.339 e. The Labute approximate surface area is 148 Å². The van der Waals surface area contributed by atoms with Crippen LogP contribution in [0.5, 0.6) is 0 Å². The second-order valence-electron chi connectivity index (χ2n) is 5.14. The summed E-state index contributed by atoms with van der Waals surface area (Å²) in [4.78, 5) is 26.3. The maximum Gasteiger partial charge on any atom is 0.255 e. The Morgan fingerprint density at radius 2 is 1.79 bits per heavy atom. The molecule has 0 aliphatic heterocycles. The van der Waals surface area contributed by atoms with Gasteiger partial charge in [0.1, 0.15) is 5.82 Å². The molecule has 0 heterocycles. The Balaban J connectivity index is 2.18. The van der Waals surface area contributed by atoms with Gasteiger partial charge in [0, 0.05) is 29.9 Å². The monoisotopic (exact) mass is 392 g/mol. The van der Waals surface area contributed by atoms with Gasteiger partial charge in [0.25, 0.3) is 11.8 Å². The van der Waals surface area contributed by atoms with Crippen LogP contribution in [0.3, 0.4) is 0 Å². The van der Waals surface area contributed by atoms with E-state index in [4.69, 9.17) is 0 Å². The molecule has 0 atom stereocenters. The second-order valence-corrected chi connectivity index (χ2v) is 6.00. The van der Waals surface area contributed by atoms with Crippen molar-refractivity contribution >= 4 is 33.4 Å². The van der Waals surface area contributed by atoms with Gasteiger partial charge in [-0.2, -0.15) is 0 Å². The summed E-state index contributed by atoms with van der Waals surface area (Å²) < 4.78 is 13.8. The summed E-state index contributed by atoms with van der Waals surface area (Å²) in [5.74, 6) is -1.03. The molecule has 1 N–H and O–H groups in total. The molecule has 24 heavy (non-hydrogen) atoms. The van der Waals surface area contributed by atoms with Crippen LogP contribution in [0.15, 0.2) is 46.9 Å². The Hall–Kier alpha value is -2.21. The van der Waals surface area contributed by atoms with Crippen molar-refractivity contribution < 1.29 is 14.0 Å². The maximum atomic E-state index is 13.5. The van der Waals surface area contributed by atoms with Crippen LogP contribution in [-0.2, 0) is 0 Å². The average molecular weight is 393 g/mol. The fraction of sp³-hybridized carbons (Fsp3) is 0.222. The zero-order chi connectivity index (χ0) is 17.7. The van der Waals surface area contributed by atoms with Gasteiger partial charge in [0.05, 0.1) is 4.47 Å². The first-order valence-corrected chi connectivity index (χ1v) is 8.41. The van der Waals surface area contributed by atoms with Crippen LogP contribution in [0, 0.1) is 5.82 Å². The normalized spacial score (nSPS) is 10.3. The number of benzene rings is 2. The van der Waals surface area contributed by atoms with Crippen LogP contribution in [0.1, 0.15) is 34.6 Å². The van der Waals surface area contributed by atoms with Crippen LogP contribution < -0.4 is 5.32 Å². The van der Waals surface area contributed by atoms with Gasteiger partial charge < -0.3 is 10.2 Å². The lowest BCUT2D eigenvalue weighted by molar-refractivity contribution is 0.0772. The standard InChI is InChI=1S/C18H18BrFN2O2/c1-3-22(4-2)18(24)13-6-5-7-14(10-13)21-17(23)12-8-9-15(19)16(20)11-12/h5-11H,3-4H2,1-2H3,(H,21,23). The van der Waals surface area contributed by atoms with E-state index in [1.807, 2.05) is 13.8 Å². The van der Waals surface area contributed by atoms with E-state index in [-0.39, 0.29) is 11.5 Å². The molecule has 2 aromatic carbocycles. The SMILES string of the molecule is CCN(CC)C(=O)c1cccc(NC(=O)c2ccc(Br)c(F)c2)c1. The Morgan fingerprint density at radius 3 is 2.42 bits per heavy atom. The van der Waals surface area contributed by atoms with Gasteiger partial charge in [0.2, 0.25) is 0 Å². The summed E-state index contributed by atoms with van der Waals surface area (Å²) in [5, 5.41) is 2.68. The number of halogens is 2. The van der Waals surface area contributed by atoms with Gasteiger partial charge in [-0.3, -0.25) is 9.59 Å². The summed E-state index contributed by atoms with van der Waals surface area (Å²) in [7, 11) is 0. The highest BCUT2D eigenvalue weighted by molar-refractivity contribution is 9.10. The molecule has 6 heteroatoms. The summed E-state index contributed by atoms with van der Waals surface area (Å²) in [6.45, 7) is 5.05. The van der Waals surface area contributed by atoms with Gasteiger partial charge in [-0.15, -0.1) is 0 Å². The van der Waals surface area contributed by atoms with Gasteiger partial charge in [-0.1, -0.05) is 6.07 Å². The van der Waals surface area contributed by atoms with Crippen LogP contribution >= 0.6 is 15.9 Å². The van der Waals surface area contributed by atoms with Gasteiger partial charge in [0.15, 0.2) is 0 Å². The van der Waals surface area contributed by atoms with Crippen molar-refractivity contribution in [2.24, 2.45) is 0 Å². The van der Waals surface area contributed by atoms with E-state index in [0.717, 1.165) is 6.07 Å². The molecule has 0 spiro atoms. The molecule has 0 aliphatic rings. The van der Waals surface area contributed by atoms with E-state index in [0.29, 0.717) is 28.8 Å². The molecule has 0 aromatic heterocycles. The minimum absolute atomic E-state index is 0.0919. The zero-order valence-electron chi connectivity index (χ0n) is 13.5. The highest BCUT2D eigenvalue weighted by atomic mass is 79.9. The minimum atomic E-state index is -0.506. The maximum absolute atomic E-state index is 13.5. The van der Waals surface area contributed by atoms with Crippen molar-refractivity contribution in [3.63, 3.8) is 0 Å². The number of anilines is 1. The highest BCUT2D eigenvalue weighted by Crippen LogP contribution is 2.18. The van der Waals surface area contributed by atoms with Crippen LogP contribution in [0.4, 0.5) is 10.1 Å². The third kappa shape index (κ3) is 4.20. The molecule has 126 valence electrons. The zero-order valence-corrected chi connectivity index (χ0v) is 15.1. The fourth-order valence-corrected chi connectivity index (χ4v) is 2.51. The number of hydrogen-bond donors (Lipinski definition) is 1. The summed E-state index contributed by atoms with van der Waals surface area (Å²) >= 11 is 3.05. The predicted molar refractivity (Wildman–Crippen MR) is 95.7 cm³/mol. The molecule has 2 rings (SSSR count). The lowest BCUT2D eigenvalue weighted by atomic mass is 10.1. The quantitative estimate of drug-likeness (QED) is 0.823. The van der Waals surface area contributed by atoms with Crippen molar-refractivity contribution in [3.05, 3.63) is 63.9 Å². The molecule has 0 aliphatic carbocycles. The molecule has 0 unspecified atom stereocenters. The van der Waals surface area contributed by atoms with Gasteiger partial charge >= 0.3 is 0 Å². The number of nitrogens with zero attached hydrogens (tertiary/aromatic N) is 1. The van der Waals surface area contributed by atoms with E-state index in [1.54, 1.807) is 29.2 Å². The number of nitrogens with one attached hydrogen (secondary N) is 1. The van der Waals surface area contributed by atoms with Gasteiger partial charge in [-0.05, 0) is 66.2 Å². The van der Waals surface area contributed by atoms with E-state index in [1.165, 1.54) is 12.1 Å². The summed E-state index contributed by atoms with van der Waals surface area (Å²) in [5.41, 5.74) is 1.19. The number of carbonyl (C=O) groups excluding carboxylic acids is 2. The lowest BCUT2D eigenvalue weighted by Gasteiger charge is -2.19. The fourth-order valence-electron chi connectivity index (χ4n) is 2.26. The predicted octanol–water partition coefficient (Wildman–Crippen LogP) is 4.32. The van der Waals surface area contributed by atoms with E-state index in [2.05, 4.69) is 21.2 Å². The first-order valence-electron chi connectivity index (χ1n) is 7.62. The Kier molecular flexibility index (Phi) is 6.09. The molecule has 2 aromatic rings. The molecule has 0 radical (unpaired) electrons. The molecular formula is C18H18BrFN2O2. The highest BCUT2D eigenvalue weighted by Gasteiger charge is 2.14. The van der Waals surface area contributed by atoms with Crippen molar-refractivity contribution in [3.8, 4) is 0 Å². The third-order valence-corrected chi connectivity index (χ3v) is 4.24. The molecule has 2 amide bonds. The Bertz CT molecular complexity index is 760. The summed E-state index contributed by atoms with van der Waals surface area (Å²) in [6.07, 6.45) is 0.